The smallest absolute Gasteiger partial charge is 0.242 e. The van der Waals surface area contributed by atoms with E-state index in [9.17, 15) is 8.42 Å². The molecular formula is C13H17N3O2S. The zero-order valence-corrected chi connectivity index (χ0v) is 11.6. The highest BCUT2D eigenvalue weighted by molar-refractivity contribution is 7.89. The van der Waals surface area contributed by atoms with Crippen molar-refractivity contribution in [2.45, 2.75) is 37.1 Å². The van der Waals surface area contributed by atoms with Gasteiger partial charge in [0.15, 0.2) is 0 Å². The van der Waals surface area contributed by atoms with Gasteiger partial charge in [0.05, 0.1) is 17.3 Å². The molecule has 0 amide bonds. The first-order chi connectivity index (χ1) is 8.92. The highest BCUT2D eigenvalue weighted by atomic mass is 32.2. The van der Waals surface area contributed by atoms with E-state index in [0.29, 0.717) is 11.5 Å². The Morgan fingerprint density at radius 3 is 2.68 bits per heavy atom. The van der Waals surface area contributed by atoms with Crippen LogP contribution in [0, 0.1) is 17.2 Å². The molecule has 1 aromatic carbocycles. The Morgan fingerprint density at radius 1 is 1.42 bits per heavy atom. The van der Waals surface area contributed by atoms with E-state index in [4.69, 9.17) is 11.0 Å². The van der Waals surface area contributed by atoms with Gasteiger partial charge in [-0.3, -0.25) is 0 Å². The molecule has 1 aromatic rings. The fourth-order valence-electron chi connectivity index (χ4n) is 2.46. The van der Waals surface area contributed by atoms with Crippen LogP contribution in [0.25, 0.3) is 0 Å². The Bertz CT molecular complexity index is 619. The van der Waals surface area contributed by atoms with E-state index in [1.54, 1.807) is 0 Å². The van der Waals surface area contributed by atoms with Crippen LogP contribution in [0.3, 0.4) is 0 Å². The number of nitrogens with one attached hydrogen (secondary N) is 1. The summed E-state index contributed by atoms with van der Waals surface area (Å²) in [6, 6.07) is 6.14. The fourth-order valence-corrected chi connectivity index (χ4v) is 3.86. The third-order valence-corrected chi connectivity index (χ3v) is 5.04. The monoisotopic (exact) mass is 279 g/mol. The minimum atomic E-state index is -3.61. The van der Waals surface area contributed by atoms with Crippen LogP contribution < -0.4 is 10.5 Å². The standard InChI is InChI=1S/C13H17N3O2S/c1-9-2-4-11(6-9)16-19(17,18)13-5-3-10(8-14)7-12(13)15/h3,5,7,9,11,16H,2,4,6,15H2,1H3. The second-order valence-corrected chi connectivity index (χ2v) is 6.78. The molecule has 2 atom stereocenters. The van der Waals surface area contributed by atoms with Gasteiger partial charge in [-0.2, -0.15) is 5.26 Å². The van der Waals surface area contributed by atoms with E-state index >= 15 is 0 Å². The molecule has 0 bridgehead atoms. The van der Waals surface area contributed by atoms with E-state index in [1.807, 2.05) is 6.07 Å². The van der Waals surface area contributed by atoms with Crippen molar-refractivity contribution in [2.24, 2.45) is 5.92 Å². The average molecular weight is 279 g/mol. The van der Waals surface area contributed by atoms with Crippen molar-refractivity contribution in [3.8, 4) is 6.07 Å². The topological polar surface area (TPSA) is 96.0 Å². The molecular weight excluding hydrogens is 262 g/mol. The van der Waals surface area contributed by atoms with Crippen molar-refractivity contribution in [3.63, 3.8) is 0 Å². The van der Waals surface area contributed by atoms with Crippen molar-refractivity contribution in [3.05, 3.63) is 23.8 Å². The van der Waals surface area contributed by atoms with Crippen molar-refractivity contribution in [1.82, 2.24) is 4.72 Å². The molecule has 3 N–H and O–H groups in total. The van der Waals surface area contributed by atoms with Crippen LogP contribution in [0.1, 0.15) is 31.7 Å². The van der Waals surface area contributed by atoms with Crippen LogP contribution in [0.5, 0.6) is 0 Å². The lowest BCUT2D eigenvalue weighted by atomic mass is 10.1. The van der Waals surface area contributed by atoms with Crippen LogP contribution in [0.4, 0.5) is 5.69 Å². The number of rotatable bonds is 3. The third kappa shape index (κ3) is 3.06. The Morgan fingerprint density at radius 2 is 2.16 bits per heavy atom. The maximum atomic E-state index is 12.2. The first-order valence-electron chi connectivity index (χ1n) is 6.24. The molecule has 0 heterocycles. The molecule has 1 aliphatic rings. The quantitative estimate of drug-likeness (QED) is 0.821. The van der Waals surface area contributed by atoms with E-state index in [0.717, 1.165) is 19.3 Å². The highest BCUT2D eigenvalue weighted by Gasteiger charge is 2.27. The predicted octanol–water partition coefficient (Wildman–Crippen LogP) is 1.61. The number of anilines is 1. The summed E-state index contributed by atoms with van der Waals surface area (Å²) in [5, 5.41) is 8.74. The van der Waals surface area contributed by atoms with Crippen LogP contribution in [0.2, 0.25) is 0 Å². The number of hydrogen-bond donors (Lipinski definition) is 2. The number of nitrogens with zero attached hydrogens (tertiary/aromatic N) is 1. The summed E-state index contributed by atoms with van der Waals surface area (Å²) >= 11 is 0. The molecule has 1 saturated carbocycles. The molecule has 2 rings (SSSR count). The van der Waals surface area contributed by atoms with Gasteiger partial charge in [0.1, 0.15) is 4.90 Å². The lowest BCUT2D eigenvalue weighted by molar-refractivity contribution is 0.538. The number of sulfonamides is 1. The predicted molar refractivity (Wildman–Crippen MR) is 72.7 cm³/mol. The van der Waals surface area contributed by atoms with E-state index in [-0.39, 0.29) is 16.6 Å². The zero-order valence-electron chi connectivity index (χ0n) is 10.8. The normalized spacial score (nSPS) is 23.2. The van der Waals surface area contributed by atoms with Crippen molar-refractivity contribution >= 4 is 15.7 Å². The average Bonchev–Trinajstić information content (AvgIpc) is 2.73. The third-order valence-electron chi connectivity index (χ3n) is 3.45. The minimum absolute atomic E-state index is 0.0185. The summed E-state index contributed by atoms with van der Waals surface area (Å²) in [5.41, 5.74) is 6.18. The molecule has 2 unspecified atom stereocenters. The molecule has 0 radical (unpaired) electrons. The van der Waals surface area contributed by atoms with E-state index in [1.165, 1.54) is 18.2 Å². The second-order valence-electron chi connectivity index (χ2n) is 5.10. The van der Waals surface area contributed by atoms with Crippen molar-refractivity contribution < 1.29 is 8.42 Å². The SMILES string of the molecule is CC1CCC(NS(=O)(=O)c2ccc(C#N)cc2N)C1. The van der Waals surface area contributed by atoms with Gasteiger partial charge in [-0.25, -0.2) is 13.1 Å². The molecule has 0 aliphatic heterocycles. The largest absolute Gasteiger partial charge is 0.398 e. The number of nitrogen functional groups attached to an aromatic ring is 1. The van der Waals surface area contributed by atoms with Gasteiger partial charge in [0, 0.05) is 6.04 Å². The maximum Gasteiger partial charge on any atom is 0.242 e. The first-order valence-corrected chi connectivity index (χ1v) is 7.72. The van der Waals surface area contributed by atoms with Gasteiger partial charge < -0.3 is 5.73 Å². The van der Waals surface area contributed by atoms with Gasteiger partial charge in [0.25, 0.3) is 0 Å². The van der Waals surface area contributed by atoms with Gasteiger partial charge in [0.2, 0.25) is 10.0 Å². The summed E-state index contributed by atoms with van der Waals surface area (Å²) < 4.78 is 27.2. The molecule has 1 fully saturated rings. The van der Waals surface area contributed by atoms with Crippen molar-refractivity contribution in [2.75, 3.05) is 5.73 Å². The summed E-state index contributed by atoms with van der Waals surface area (Å²) in [7, 11) is -3.61. The molecule has 0 aromatic heterocycles. The summed E-state index contributed by atoms with van der Waals surface area (Å²) in [6.45, 7) is 2.12. The number of nitriles is 1. The Kier molecular flexibility index (Phi) is 3.78. The lowest BCUT2D eigenvalue weighted by Crippen LogP contribution is -2.33. The molecule has 5 nitrogen and oxygen atoms in total. The fraction of sp³-hybridized carbons (Fsp3) is 0.462. The molecule has 0 spiro atoms. The zero-order chi connectivity index (χ0) is 14.0. The van der Waals surface area contributed by atoms with Crippen LogP contribution in [-0.4, -0.2) is 14.5 Å². The van der Waals surface area contributed by atoms with E-state index in [2.05, 4.69) is 11.6 Å². The number of hydrogen-bond acceptors (Lipinski definition) is 4. The van der Waals surface area contributed by atoms with Crippen LogP contribution >= 0.6 is 0 Å². The molecule has 102 valence electrons. The van der Waals surface area contributed by atoms with Crippen LogP contribution in [-0.2, 0) is 10.0 Å². The molecule has 19 heavy (non-hydrogen) atoms. The van der Waals surface area contributed by atoms with E-state index < -0.39 is 10.0 Å². The van der Waals surface area contributed by atoms with Gasteiger partial charge >= 0.3 is 0 Å². The molecule has 0 saturated heterocycles. The summed E-state index contributed by atoms with van der Waals surface area (Å²) in [4.78, 5) is 0.0473. The maximum absolute atomic E-state index is 12.2. The van der Waals surface area contributed by atoms with Gasteiger partial charge in [-0.05, 0) is 43.4 Å². The Hall–Kier alpha value is -1.58. The molecule has 6 heteroatoms. The Balaban J connectivity index is 2.23. The van der Waals surface area contributed by atoms with Gasteiger partial charge in [-0.15, -0.1) is 0 Å². The summed E-state index contributed by atoms with van der Waals surface area (Å²) in [5.74, 6) is 0.547. The number of nitrogens with two attached hydrogens (primary N) is 1. The van der Waals surface area contributed by atoms with Crippen molar-refractivity contribution in [1.29, 1.82) is 5.26 Å². The Labute approximate surface area is 113 Å². The lowest BCUT2D eigenvalue weighted by Gasteiger charge is -2.14. The first kappa shape index (κ1) is 13.8. The second kappa shape index (κ2) is 5.19. The van der Waals surface area contributed by atoms with Crippen LogP contribution in [0.15, 0.2) is 23.1 Å². The van der Waals surface area contributed by atoms with Gasteiger partial charge in [-0.1, -0.05) is 6.92 Å². The highest BCUT2D eigenvalue weighted by Crippen LogP contribution is 2.27. The minimum Gasteiger partial charge on any atom is -0.398 e. The summed E-state index contributed by atoms with van der Waals surface area (Å²) in [6.07, 6.45) is 2.75. The number of benzene rings is 1. The molecule has 1 aliphatic carbocycles.